The highest BCUT2D eigenvalue weighted by Crippen LogP contribution is 2.32. The number of aromatic nitrogens is 1. The van der Waals surface area contributed by atoms with Crippen LogP contribution in [0.2, 0.25) is 5.02 Å². The van der Waals surface area contributed by atoms with Gasteiger partial charge >= 0.3 is 0 Å². The molecule has 1 amide bonds. The minimum absolute atomic E-state index is 0.144. The van der Waals surface area contributed by atoms with Gasteiger partial charge in [-0.3, -0.25) is 4.79 Å². The van der Waals surface area contributed by atoms with Crippen LogP contribution in [0.3, 0.4) is 0 Å². The summed E-state index contributed by atoms with van der Waals surface area (Å²) < 4.78 is 5.78. The number of rotatable bonds is 4. The summed E-state index contributed by atoms with van der Waals surface area (Å²) in [5, 5.41) is 3.29. The molecule has 0 bridgehead atoms. The number of carbonyl (C=O) groups excluding carboxylic acids is 1. The Kier molecular flexibility index (Phi) is 4.54. The number of halogens is 1. The predicted molar refractivity (Wildman–Crippen MR) is 95.9 cm³/mol. The predicted octanol–water partition coefficient (Wildman–Crippen LogP) is 4.81. The number of amides is 1. The molecule has 0 aliphatic carbocycles. The topological polar surface area (TPSA) is 55.1 Å². The lowest BCUT2D eigenvalue weighted by atomic mass is 10.2. The summed E-state index contributed by atoms with van der Waals surface area (Å²) >= 11 is 6.27. The van der Waals surface area contributed by atoms with Gasteiger partial charge in [0.2, 0.25) is 11.8 Å². The van der Waals surface area contributed by atoms with Gasteiger partial charge in [0.15, 0.2) is 5.58 Å². The molecule has 24 heavy (non-hydrogen) atoms. The fourth-order valence-electron chi connectivity index (χ4n) is 2.33. The lowest BCUT2D eigenvalue weighted by molar-refractivity contribution is -0.116. The first-order chi connectivity index (χ1) is 11.6. The molecule has 0 radical (unpaired) electrons. The summed E-state index contributed by atoms with van der Waals surface area (Å²) in [5.74, 6) is 2.72. The van der Waals surface area contributed by atoms with Crippen LogP contribution in [0.5, 0.6) is 0 Å². The number of terminal acetylenes is 1. The molecule has 3 aromatic rings. The highest BCUT2D eigenvalue weighted by atomic mass is 35.5. The number of anilines is 1. The fourth-order valence-corrected chi connectivity index (χ4v) is 2.53. The molecule has 1 heterocycles. The van der Waals surface area contributed by atoms with Gasteiger partial charge in [-0.05, 0) is 42.8 Å². The molecule has 4 nitrogen and oxygen atoms in total. The number of aryl methyl sites for hydroxylation is 1. The van der Waals surface area contributed by atoms with Gasteiger partial charge in [-0.2, -0.15) is 0 Å². The second kappa shape index (κ2) is 6.77. The molecular formula is C19H15ClN2O2. The number of carbonyl (C=O) groups is 1. The van der Waals surface area contributed by atoms with E-state index in [2.05, 4.69) is 16.2 Å². The third kappa shape index (κ3) is 3.42. The van der Waals surface area contributed by atoms with E-state index in [9.17, 15) is 4.79 Å². The molecule has 5 heteroatoms. The lowest BCUT2D eigenvalue weighted by Crippen LogP contribution is -2.10. The maximum Gasteiger partial charge on any atom is 0.228 e. The number of fused-ring (bicyclic) bond motifs is 1. The van der Waals surface area contributed by atoms with Crippen LogP contribution in [-0.2, 0) is 4.79 Å². The number of nitrogens with one attached hydrogen (secondary N) is 1. The highest BCUT2D eigenvalue weighted by molar-refractivity contribution is 6.33. The average Bonchev–Trinajstić information content (AvgIpc) is 2.97. The summed E-state index contributed by atoms with van der Waals surface area (Å²) in [6.07, 6.45) is 5.84. The third-order valence-corrected chi connectivity index (χ3v) is 3.85. The van der Waals surface area contributed by atoms with Crippen LogP contribution < -0.4 is 5.32 Å². The first-order valence-corrected chi connectivity index (χ1v) is 7.85. The van der Waals surface area contributed by atoms with Crippen molar-refractivity contribution in [3.8, 4) is 23.8 Å². The van der Waals surface area contributed by atoms with Crippen LogP contribution in [-0.4, -0.2) is 10.9 Å². The molecular weight excluding hydrogens is 324 g/mol. The van der Waals surface area contributed by atoms with Crippen molar-refractivity contribution >= 4 is 34.3 Å². The van der Waals surface area contributed by atoms with Crippen molar-refractivity contribution in [1.29, 1.82) is 0 Å². The number of hydrogen-bond acceptors (Lipinski definition) is 3. The summed E-state index contributed by atoms with van der Waals surface area (Å²) in [5.41, 5.74) is 3.80. The molecule has 0 aliphatic rings. The Bertz CT molecular complexity index is 954. The van der Waals surface area contributed by atoms with Crippen molar-refractivity contribution < 1.29 is 9.21 Å². The van der Waals surface area contributed by atoms with E-state index in [4.69, 9.17) is 22.4 Å². The molecule has 0 fully saturated rings. The van der Waals surface area contributed by atoms with Gasteiger partial charge in [-0.1, -0.05) is 17.7 Å². The number of oxazole rings is 1. The minimum atomic E-state index is -0.144. The summed E-state index contributed by atoms with van der Waals surface area (Å²) in [4.78, 5) is 16.3. The van der Waals surface area contributed by atoms with Crippen molar-refractivity contribution in [2.75, 3.05) is 5.32 Å². The van der Waals surface area contributed by atoms with Crippen LogP contribution in [0.1, 0.15) is 18.4 Å². The summed E-state index contributed by atoms with van der Waals surface area (Å²) in [6.45, 7) is 1.99. The van der Waals surface area contributed by atoms with E-state index in [1.807, 2.05) is 25.1 Å². The molecule has 120 valence electrons. The first-order valence-electron chi connectivity index (χ1n) is 7.47. The zero-order valence-corrected chi connectivity index (χ0v) is 13.9. The van der Waals surface area contributed by atoms with Gasteiger partial charge < -0.3 is 9.73 Å². The normalized spacial score (nSPS) is 10.5. The van der Waals surface area contributed by atoms with E-state index in [1.54, 1.807) is 18.2 Å². The number of hydrogen-bond donors (Lipinski definition) is 1. The minimum Gasteiger partial charge on any atom is -0.436 e. The fraction of sp³-hybridized carbons (Fsp3) is 0.158. The van der Waals surface area contributed by atoms with Crippen molar-refractivity contribution in [1.82, 2.24) is 4.98 Å². The Balaban J connectivity index is 1.93. The SMILES string of the molecule is C#CCCC(=O)Nc1ccc(Cl)c(-c2nc3cc(C)ccc3o2)c1. The zero-order chi connectivity index (χ0) is 17.1. The standard InChI is InChI=1S/C19H15ClN2O2/c1-3-4-5-18(23)21-13-7-8-15(20)14(11-13)19-22-16-10-12(2)6-9-17(16)24-19/h1,6-11H,4-5H2,2H3,(H,21,23). The second-order valence-electron chi connectivity index (χ2n) is 5.44. The average molecular weight is 339 g/mol. The Hall–Kier alpha value is -2.77. The Morgan fingerprint density at radius 1 is 1.33 bits per heavy atom. The van der Waals surface area contributed by atoms with Crippen molar-refractivity contribution in [3.05, 3.63) is 47.0 Å². The molecule has 0 aliphatic heterocycles. The van der Waals surface area contributed by atoms with Crippen LogP contribution in [0, 0.1) is 19.3 Å². The van der Waals surface area contributed by atoms with Gasteiger partial charge in [0.25, 0.3) is 0 Å². The smallest absolute Gasteiger partial charge is 0.228 e. The number of benzene rings is 2. The van der Waals surface area contributed by atoms with Gasteiger partial charge in [0, 0.05) is 18.5 Å². The third-order valence-electron chi connectivity index (χ3n) is 3.52. The molecule has 3 rings (SSSR count). The van der Waals surface area contributed by atoms with E-state index in [1.165, 1.54) is 0 Å². The Labute approximate surface area is 144 Å². The second-order valence-corrected chi connectivity index (χ2v) is 5.84. The zero-order valence-electron chi connectivity index (χ0n) is 13.1. The molecule has 2 aromatic carbocycles. The Morgan fingerprint density at radius 3 is 2.96 bits per heavy atom. The molecule has 0 spiro atoms. The summed E-state index contributed by atoms with van der Waals surface area (Å²) in [7, 11) is 0. The first kappa shape index (κ1) is 16.1. The molecule has 0 saturated carbocycles. The highest BCUT2D eigenvalue weighted by Gasteiger charge is 2.13. The Morgan fingerprint density at radius 2 is 2.17 bits per heavy atom. The van der Waals surface area contributed by atoms with Gasteiger partial charge in [0.05, 0.1) is 10.6 Å². The van der Waals surface area contributed by atoms with E-state index in [0.717, 1.165) is 11.1 Å². The van der Waals surface area contributed by atoms with Crippen LogP contribution in [0.25, 0.3) is 22.6 Å². The quantitative estimate of drug-likeness (QED) is 0.694. The van der Waals surface area contributed by atoms with Crippen LogP contribution in [0.4, 0.5) is 5.69 Å². The molecule has 0 saturated heterocycles. The number of nitrogens with zero attached hydrogens (tertiary/aromatic N) is 1. The van der Waals surface area contributed by atoms with Crippen molar-refractivity contribution in [3.63, 3.8) is 0 Å². The van der Waals surface area contributed by atoms with Crippen LogP contribution in [0.15, 0.2) is 40.8 Å². The van der Waals surface area contributed by atoms with E-state index >= 15 is 0 Å². The van der Waals surface area contributed by atoms with Gasteiger partial charge in [0.1, 0.15) is 5.52 Å². The molecule has 0 unspecified atom stereocenters. The molecule has 0 atom stereocenters. The van der Waals surface area contributed by atoms with E-state index < -0.39 is 0 Å². The van der Waals surface area contributed by atoms with Gasteiger partial charge in [-0.25, -0.2) is 4.98 Å². The maximum absolute atomic E-state index is 11.8. The van der Waals surface area contributed by atoms with Crippen molar-refractivity contribution in [2.24, 2.45) is 0 Å². The molecule has 1 N–H and O–H groups in total. The van der Waals surface area contributed by atoms with Crippen molar-refractivity contribution in [2.45, 2.75) is 19.8 Å². The lowest BCUT2D eigenvalue weighted by Gasteiger charge is -2.06. The van der Waals surface area contributed by atoms with E-state index in [-0.39, 0.29) is 12.3 Å². The monoisotopic (exact) mass is 338 g/mol. The largest absolute Gasteiger partial charge is 0.436 e. The molecule has 1 aromatic heterocycles. The van der Waals surface area contributed by atoms with Crippen LogP contribution >= 0.6 is 11.6 Å². The maximum atomic E-state index is 11.8. The summed E-state index contributed by atoms with van der Waals surface area (Å²) in [6, 6.07) is 11.0. The van der Waals surface area contributed by atoms with Gasteiger partial charge in [-0.15, -0.1) is 12.3 Å². The van der Waals surface area contributed by atoms with E-state index in [0.29, 0.717) is 34.2 Å².